The zero-order valence-electron chi connectivity index (χ0n) is 49.5. The molecule has 41 heteroatoms. The highest BCUT2D eigenvalue weighted by atomic mass is 16.8. The Labute approximate surface area is 520 Å². The molecule has 0 aromatic carbocycles. The molecule has 7 aliphatic heterocycles. The normalized spacial score (nSPS) is 47.6. The maximum Gasteiger partial charge on any atom is 0.364 e. The lowest BCUT2D eigenvalue weighted by atomic mass is 9.88. The highest BCUT2D eigenvalue weighted by molar-refractivity contribution is 5.77. The summed E-state index contributed by atoms with van der Waals surface area (Å²) >= 11 is 0. The molecule has 41 nitrogen and oxygen atoms in total. The second kappa shape index (κ2) is 32.3. The van der Waals surface area contributed by atoms with Crippen molar-refractivity contribution in [2.24, 2.45) is 0 Å². The van der Waals surface area contributed by atoms with Gasteiger partial charge in [0.25, 0.3) is 5.79 Å². The second-order valence-corrected chi connectivity index (χ2v) is 23.2. The fraction of sp³-hybridized carbons (Fsp3) is 0.922. The molecule has 532 valence electrons. The van der Waals surface area contributed by atoms with Crippen molar-refractivity contribution >= 4 is 23.7 Å². The van der Waals surface area contributed by atoms with Crippen LogP contribution in [-0.2, 0) is 80.8 Å². The monoisotopic (exact) mass is 1350 g/mol. The molecule has 7 aliphatic rings. The predicted molar refractivity (Wildman–Crippen MR) is 282 cm³/mol. The van der Waals surface area contributed by atoms with Crippen LogP contribution in [-0.4, -0.2) is 391 Å². The number of aliphatic hydroxyl groups excluding tert-OH is 20. The van der Waals surface area contributed by atoms with Crippen LogP contribution >= 0.6 is 0 Å². The number of aliphatic carboxylic acids is 1. The first-order valence-electron chi connectivity index (χ1n) is 29.1. The van der Waals surface area contributed by atoms with Crippen LogP contribution in [0.2, 0.25) is 0 Å². The van der Waals surface area contributed by atoms with Gasteiger partial charge >= 0.3 is 5.97 Å². The van der Waals surface area contributed by atoms with Crippen LogP contribution < -0.4 is 16.0 Å². The van der Waals surface area contributed by atoms with Crippen molar-refractivity contribution < 1.29 is 188 Å². The molecule has 7 heterocycles. The molecule has 0 aromatic rings. The molecule has 0 radical (unpaired) electrons. The van der Waals surface area contributed by atoms with E-state index in [1.54, 1.807) is 0 Å². The number of hydrogen-bond acceptors (Lipinski definition) is 37. The van der Waals surface area contributed by atoms with Crippen LogP contribution in [0.3, 0.4) is 0 Å². The van der Waals surface area contributed by atoms with Crippen LogP contribution in [0.1, 0.15) is 34.1 Å². The summed E-state index contributed by atoms with van der Waals surface area (Å²) in [6, 6.07) is -5.55. The maximum absolute atomic E-state index is 13.6. The first kappa shape index (κ1) is 75.9. The summed E-state index contributed by atoms with van der Waals surface area (Å²) in [5.74, 6) is -8.37. The summed E-state index contributed by atoms with van der Waals surface area (Å²) in [5.41, 5.74) is 0. The Morgan fingerprint density at radius 1 is 0.446 bits per heavy atom. The summed E-state index contributed by atoms with van der Waals surface area (Å²) in [7, 11) is 0. The molecular formula is C51H85N3O38. The highest BCUT2D eigenvalue weighted by Gasteiger charge is 2.63. The van der Waals surface area contributed by atoms with Gasteiger partial charge in [-0.15, -0.1) is 0 Å². The number of carboxylic acid groups (broad SMARTS) is 1. The molecule has 36 atom stereocenters. The third-order valence-electron chi connectivity index (χ3n) is 16.7. The fourth-order valence-electron chi connectivity index (χ4n) is 11.9. The third kappa shape index (κ3) is 16.2. The van der Waals surface area contributed by atoms with Crippen molar-refractivity contribution in [3.63, 3.8) is 0 Å². The Balaban J connectivity index is 1.22. The quantitative estimate of drug-likeness (QED) is 0.0427. The Kier molecular flexibility index (Phi) is 26.6. The Hall–Kier alpha value is -3.44. The van der Waals surface area contributed by atoms with Gasteiger partial charge in [-0.3, -0.25) is 14.4 Å². The van der Waals surface area contributed by atoms with E-state index >= 15 is 0 Å². The molecular weight excluding hydrogens is 1260 g/mol. The highest BCUT2D eigenvalue weighted by Crippen LogP contribution is 2.42. The van der Waals surface area contributed by atoms with Crippen molar-refractivity contribution in [1.29, 1.82) is 0 Å². The van der Waals surface area contributed by atoms with Gasteiger partial charge in [-0.25, -0.2) is 4.79 Å². The van der Waals surface area contributed by atoms with E-state index in [0.717, 1.165) is 20.8 Å². The largest absolute Gasteiger partial charge is 0.477 e. The first-order valence-corrected chi connectivity index (χ1v) is 29.1. The van der Waals surface area contributed by atoms with E-state index in [1.165, 1.54) is 6.92 Å². The minimum atomic E-state index is -3.42. The molecule has 0 spiro atoms. The van der Waals surface area contributed by atoms with Gasteiger partial charge in [0, 0.05) is 27.2 Å². The summed E-state index contributed by atoms with van der Waals surface area (Å²) in [5, 5.41) is 236. The predicted octanol–water partition coefficient (Wildman–Crippen LogP) is -15.6. The number of hydrogen-bond donors (Lipinski definition) is 24. The van der Waals surface area contributed by atoms with Gasteiger partial charge in [0.2, 0.25) is 17.7 Å². The van der Waals surface area contributed by atoms with Crippen LogP contribution in [0, 0.1) is 0 Å². The topological polar surface area (TPSA) is 649 Å². The Morgan fingerprint density at radius 2 is 0.837 bits per heavy atom. The number of rotatable bonds is 24. The number of carbonyl (C=O) groups is 4. The lowest BCUT2D eigenvalue weighted by molar-refractivity contribution is -0.403. The lowest BCUT2D eigenvalue weighted by Gasteiger charge is -2.53. The van der Waals surface area contributed by atoms with E-state index in [4.69, 9.17) is 61.6 Å². The van der Waals surface area contributed by atoms with Crippen LogP contribution in [0.15, 0.2) is 0 Å². The van der Waals surface area contributed by atoms with E-state index < -0.39 is 290 Å². The molecule has 0 saturated carbocycles. The molecule has 3 amide bonds. The van der Waals surface area contributed by atoms with Crippen molar-refractivity contribution in [3.8, 4) is 0 Å². The van der Waals surface area contributed by atoms with E-state index in [9.17, 15) is 126 Å². The van der Waals surface area contributed by atoms with Gasteiger partial charge in [-0.05, 0) is 6.92 Å². The smallest absolute Gasteiger partial charge is 0.364 e. The zero-order chi connectivity index (χ0) is 68.3. The molecule has 0 aliphatic carbocycles. The molecule has 0 bridgehead atoms. The van der Waals surface area contributed by atoms with Crippen molar-refractivity contribution in [2.75, 3.05) is 39.6 Å². The van der Waals surface area contributed by atoms with Crippen LogP contribution in [0.25, 0.3) is 0 Å². The maximum atomic E-state index is 13.6. The summed E-state index contributed by atoms with van der Waals surface area (Å²) in [4.78, 5) is 51.8. The molecule has 7 rings (SSSR count). The van der Waals surface area contributed by atoms with Gasteiger partial charge in [0.1, 0.15) is 159 Å². The molecule has 1 unspecified atom stereocenters. The van der Waals surface area contributed by atoms with E-state index in [-0.39, 0.29) is 0 Å². The minimum absolute atomic E-state index is 0.845. The summed E-state index contributed by atoms with van der Waals surface area (Å²) < 4.78 is 76.1. The Morgan fingerprint density at radius 3 is 1.30 bits per heavy atom. The van der Waals surface area contributed by atoms with Crippen molar-refractivity contribution in [3.05, 3.63) is 0 Å². The minimum Gasteiger partial charge on any atom is -0.477 e. The fourth-order valence-corrected chi connectivity index (χ4v) is 11.9. The van der Waals surface area contributed by atoms with Crippen molar-refractivity contribution in [1.82, 2.24) is 16.0 Å². The SMILES string of the molecule is CC(=O)N[C@H]1[C@H](O[C@@H]2[C@H](O)[C@@H](O)[C@H](O[C@H]3[C@@H](O)[C@@H](CO)O[C@@H](O[C@@H]4[C@H](O[C@]5(C(=O)O)C[C@H](O)[C@@H](NC(C)=O)[C@H]([C@H](O)[C@H](O)CO)O5)[C@@H](O)[C@H](O[C@H]5[C@H](O)[C@@H](O)C(O)O[C@@H]5CO)O[C@@H]4CO)[C@@H]3NC(C)=O)O[C@@H]2CO)O[C@H](CO)[C@H](O)[C@@H]1O[C@@H]1O[C@@H](C)[C@@H](O)[C@@H](O)[C@@H]1O. The average Bonchev–Trinajstić information content (AvgIpc) is 0.769. The van der Waals surface area contributed by atoms with Crippen molar-refractivity contribution in [2.45, 2.75) is 254 Å². The lowest BCUT2D eigenvalue weighted by Crippen LogP contribution is -2.72. The Bertz CT molecular complexity index is 2390. The molecule has 92 heavy (non-hydrogen) atoms. The third-order valence-corrected chi connectivity index (χ3v) is 16.7. The van der Waals surface area contributed by atoms with Crippen LogP contribution in [0.4, 0.5) is 0 Å². The van der Waals surface area contributed by atoms with Gasteiger partial charge < -0.3 is 185 Å². The second-order valence-electron chi connectivity index (χ2n) is 23.2. The average molecular weight is 1350 g/mol. The van der Waals surface area contributed by atoms with E-state index in [2.05, 4.69) is 16.0 Å². The van der Waals surface area contributed by atoms with Gasteiger partial charge in [-0.1, -0.05) is 0 Å². The van der Waals surface area contributed by atoms with Gasteiger partial charge in [0.15, 0.2) is 37.7 Å². The van der Waals surface area contributed by atoms with Gasteiger partial charge in [-0.2, -0.15) is 0 Å². The van der Waals surface area contributed by atoms with Crippen LogP contribution in [0.5, 0.6) is 0 Å². The number of ether oxygens (including phenoxy) is 13. The number of carbonyl (C=O) groups excluding carboxylic acids is 3. The summed E-state index contributed by atoms with van der Waals surface area (Å²) in [6.45, 7) is -2.77. The zero-order valence-corrected chi connectivity index (χ0v) is 49.5. The van der Waals surface area contributed by atoms with E-state index in [1.807, 2.05) is 0 Å². The van der Waals surface area contributed by atoms with Gasteiger partial charge in [0.05, 0.1) is 57.9 Å². The summed E-state index contributed by atoms with van der Waals surface area (Å²) in [6.07, 6.45) is -67.4. The first-order chi connectivity index (χ1) is 43.3. The standard InChI is InChI=1S/C51H85N3O38/c1-12-26(66)30(70)34(74)47(80-12)89-40-24(53-14(3)62)45(82-18(7-56)28(40)68)86-38-21(10-59)84-48(35(75)32(38)72)90-41-25(54-15(4)63)46(83-19(8-57)29(41)69)88-39-22(11-60)85-49(87-37-20(9-58)81-44(77)33(73)31(37)71)36(76)43(39)92-51(50(78)79)5-16(64)23(52-13(2)61)42(91-51)27(67)17(65)6-55/h12,16-49,55-60,64-77H,5-11H2,1-4H3,(H,52,61)(H,53,62)(H,54,63)(H,78,79)/t12-,16-,17+,18+,19+,20+,21+,22+,23+,24+,25+,26+,27+,28-,29-,30+,31+,32+,33+,34-,35+,36+,37+,38-,39-,40+,41+,42+,43+,44?,45-,46-,47-,48-,49-,51-/m0/s1. The molecule has 24 N–H and O–H groups in total. The number of carboxylic acids is 1. The number of aliphatic hydroxyl groups is 20. The molecule has 7 fully saturated rings. The van der Waals surface area contributed by atoms with E-state index in [0.29, 0.717) is 0 Å². The molecule has 7 saturated heterocycles. The number of nitrogens with one attached hydrogen (secondary N) is 3. The molecule has 0 aromatic heterocycles. The number of amides is 3.